The third-order valence-corrected chi connectivity index (χ3v) is 4.01. The highest BCUT2D eigenvalue weighted by molar-refractivity contribution is 9.10. The predicted octanol–water partition coefficient (Wildman–Crippen LogP) is 4.00. The fourth-order valence-electron chi connectivity index (χ4n) is 2.40. The Morgan fingerprint density at radius 3 is 2.57 bits per heavy atom. The highest BCUT2D eigenvalue weighted by atomic mass is 79.9. The molecule has 0 saturated heterocycles. The normalized spacial score (nSPS) is 11.3. The zero-order valence-electron chi connectivity index (χ0n) is 13.1. The van der Waals surface area contributed by atoms with E-state index >= 15 is 0 Å². The summed E-state index contributed by atoms with van der Waals surface area (Å²) in [5.41, 5.74) is 3.92. The van der Waals surface area contributed by atoms with Gasteiger partial charge in [0.1, 0.15) is 0 Å². The predicted molar refractivity (Wildman–Crippen MR) is 91.4 cm³/mol. The molecule has 1 heterocycles. The minimum atomic E-state index is 0.674. The molecule has 0 aliphatic heterocycles. The van der Waals surface area contributed by atoms with E-state index in [2.05, 4.69) is 76.1 Å². The van der Waals surface area contributed by atoms with Crippen LogP contribution < -0.4 is 5.32 Å². The Balaban J connectivity index is 2.06. The van der Waals surface area contributed by atoms with Gasteiger partial charge in [-0.3, -0.25) is 4.68 Å². The van der Waals surface area contributed by atoms with Gasteiger partial charge in [0.2, 0.25) is 0 Å². The standard InChI is InChI=1S/C17H24BrN3/c1-4-17-15(10-19-9-13(2)3)11-20-21(17)12-14-5-7-16(18)8-6-14/h5-8,11,13,19H,4,9-10,12H2,1-3H3. The number of benzene rings is 1. The van der Waals surface area contributed by atoms with Gasteiger partial charge < -0.3 is 5.32 Å². The molecule has 1 aromatic carbocycles. The first-order valence-corrected chi connectivity index (χ1v) is 8.38. The summed E-state index contributed by atoms with van der Waals surface area (Å²) in [6.45, 7) is 9.43. The van der Waals surface area contributed by atoms with Gasteiger partial charge in [-0.05, 0) is 36.6 Å². The molecule has 0 amide bonds. The molecule has 0 saturated carbocycles. The molecule has 0 aliphatic rings. The lowest BCUT2D eigenvalue weighted by molar-refractivity contribution is 0.549. The number of aromatic nitrogens is 2. The summed E-state index contributed by atoms with van der Waals surface area (Å²) in [7, 11) is 0. The molecule has 4 heteroatoms. The van der Waals surface area contributed by atoms with Crippen molar-refractivity contribution in [1.82, 2.24) is 15.1 Å². The highest BCUT2D eigenvalue weighted by Crippen LogP contribution is 2.15. The monoisotopic (exact) mass is 349 g/mol. The van der Waals surface area contributed by atoms with Crippen molar-refractivity contribution in [1.29, 1.82) is 0 Å². The van der Waals surface area contributed by atoms with E-state index in [1.165, 1.54) is 16.8 Å². The van der Waals surface area contributed by atoms with E-state index < -0.39 is 0 Å². The Bertz CT molecular complexity index is 558. The van der Waals surface area contributed by atoms with E-state index in [1.807, 2.05) is 6.20 Å². The summed E-state index contributed by atoms with van der Waals surface area (Å²) in [6.07, 6.45) is 3.01. The van der Waals surface area contributed by atoms with Crippen LogP contribution in [0.15, 0.2) is 34.9 Å². The summed E-state index contributed by atoms with van der Waals surface area (Å²) in [5, 5.41) is 8.07. The summed E-state index contributed by atoms with van der Waals surface area (Å²) in [5.74, 6) is 0.674. The Kier molecular flexibility index (Phi) is 6.00. The molecule has 0 fully saturated rings. The molecular weight excluding hydrogens is 326 g/mol. The van der Waals surface area contributed by atoms with Gasteiger partial charge in [0.25, 0.3) is 0 Å². The van der Waals surface area contributed by atoms with Gasteiger partial charge in [0.15, 0.2) is 0 Å². The van der Waals surface area contributed by atoms with Crippen LogP contribution in [-0.2, 0) is 19.5 Å². The number of nitrogens with one attached hydrogen (secondary N) is 1. The minimum Gasteiger partial charge on any atom is -0.312 e. The Morgan fingerprint density at radius 1 is 1.24 bits per heavy atom. The van der Waals surface area contributed by atoms with E-state index in [0.717, 1.165) is 30.5 Å². The lowest BCUT2D eigenvalue weighted by atomic mass is 10.1. The maximum absolute atomic E-state index is 4.57. The van der Waals surface area contributed by atoms with Crippen molar-refractivity contribution < 1.29 is 0 Å². The second-order valence-electron chi connectivity index (χ2n) is 5.78. The zero-order valence-corrected chi connectivity index (χ0v) is 14.7. The first-order chi connectivity index (χ1) is 10.1. The second-order valence-corrected chi connectivity index (χ2v) is 6.69. The van der Waals surface area contributed by atoms with Crippen molar-refractivity contribution in [2.45, 2.75) is 40.3 Å². The number of hydrogen-bond acceptors (Lipinski definition) is 2. The molecule has 0 radical (unpaired) electrons. The molecular formula is C17H24BrN3. The van der Waals surface area contributed by atoms with Crippen molar-refractivity contribution in [3.05, 3.63) is 51.8 Å². The number of nitrogens with zero attached hydrogens (tertiary/aromatic N) is 2. The van der Waals surface area contributed by atoms with Crippen LogP contribution in [-0.4, -0.2) is 16.3 Å². The second kappa shape index (κ2) is 7.76. The zero-order chi connectivity index (χ0) is 15.2. The van der Waals surface area contributed by atoms with Gasteiger partial charge in [-0.15, -0.1) is 0 Å². The van der Waals surface area contributed by atoms with Gasteiger partial charge in [0, 0.05) is 22.3 Å². The molecule has 0 spiro atoms. The van der Waals surface area contributed by atoms with Crippen LogP contribution >= 0.6 is 15.9 Å². The van der Waals surface area contributed by atoms with Crippen molar-refractivity contribution in [3.8, 4) is 0 Å². The third-order valence-electron chi connectivity index (χ3n) is 3.48. The molecule has 1 N–H and O–H groups in total. The SMILES string of the molecule is CCc1c(CNCC(C)C)cnn1Cc1ccc(Br)cc1. The largest absolute Gasteiger partial charge is 0.312 e. The molecule has 114 valence electrons. The van der Waals surface area contributed by atoms with Crippen molar-refractivity contribution in [3.63, 3.8) is 0 Å². The molecule has 21 heavy (non-hydrogen) atoms. The number of halogens is 1. The maximum atomic E-state index is 4.57. The van der Waals surface area contributed by atoms with Crippen LogP contribution in [0.1, 0.15) is 37.6 Å². The van der Waals surface area contributed by atoms with Crippen molar-refractivity contribution in [2.24, 2.45) is 5.92 Å². The molecule has 2 rings (SSSR count). The van der Waals surface area contributed by atoms with Crippen LogP contribution in [0.2, 0.25) is 0 Å². The van der Waals surface area contributed by atoms with Crippen LogP contribution in [0.3, 0.4) is 0 Å². The summed E-state index contributed by atoms with van der Waals surface area (Å²) in [6, 6.07) is 8.44. The smallest absolute Gasteiger partial charge is 0.0662 e. The topological polar surface area (TPSA) is 29.9 Å². The van der Waals surface area contributed by atoms with Gasteiger partial charge in [-0.25, -0.2) is 0 Å². The van der Waals surface area contributed by atoms with Crippen LogP contribution in [0.25, 0.3) is 0 Å². The molecule has 3 nitrogen and oxygen atoms in total. The Labute approximate surface area is 135 Å². The van der Waals surface area contributed by atoms with E-state index in [1.54, 1.807) is 0 Å². The first-order valence-electron chi connectivity index (χ1n) is 7.58. The van der Waals surface area contributed by atoms with Gasteiger partial charge in [0.05, 0.1) is 12.7 Å². The third kappa shape index (κ3) is 4.68. The highest BCUT2D eigenvalue weighted by Gasteiger charge is 2.09. The quantitative estimate of drug-likeness (QED) is 0.818. The fraction of sp³-hybridized carbons (Fsp3) is 0.471. The molecule has 0 unspecified atom stereocenters. The van der Waals surface area contributed by atoms with Gasteiger partial charge in [-0.2, -0.15) is 5.10 Å². The summed E-state index contributed by atoms with van der Waals surface area (Å²) < 4.78 is 3.23. The van der Waals surface area contributed by atoms with E-state index in [4.69, 9.17) is 0 Å². The van der Waals surface area contributed by atoms with E-state index in [0.29, 0.717) is 5.92 Å². The number of rotatable bonds is 7. The maximum Gasteiger partial charge on any atom is 0.0662 e. The Morgan fingerprint density at radius 2 is 1.95 bits per heavy atom. The van der Waals surface area contributed by atoms with E-state index in [9.17, 15) is 0 Å². The van der Waals surface area contributed by atoms with Crippen LogP contribution in [0, 0.1) is 5.92 Å². The first kappa shape index (κ1) is 16.2. The average molecular weight is 350 g/mol. The number of hydrogen-bond donors (Lipinski definition) is 1. The Hall–Kier alpha value is -1.13. The van der Waals surface area contributed by atoms with Gasteiger partial charge in [-0.1, -0.05) is 48.8 Å². The van der Waals surface area contributed by atoms with Crippen molar-refractivity contribution >= 4 is 15.9 Å². The van der Waals surface area contributed by atoms with Crippen molar-refractivity contribution in [2.75, 3.05) is 6.54 Å². The molecule has 0 aliphatic carbocycles. The molecule has 0 atom stereocenters. The molecule has 2 aromatic rings. The molecule has 1 aromatic heterocycles. The molecule has 0 bridgehead atoms. The van der Waals surface area contributed by atoms with Gasteiger partial charge >= 0.3 is 0 Å². The van der Waals surface area contributed by atoms with Crippen LogP contribution in [0.5, 0.6) is 0 Å². The fourth-order valence-corrected chi connectivity index (χ4v) is 2.67. The lowest BCUT2D eigenvalue weighted by Gasteiger charge is -2.10. The lowest BCUT2D eigenvalue weighted by Crippen LogP contribution is -2.19. The van der Waals surface area contributed by atoms with Crippen LogP contribution in [0.4, 0.5) is 0 Å². The average Bonchev–Trinajstić information content (AvgIpc) is 2.83. The van der Waals surface area contributed by atoms with E-state index in [-0.39, 0.29) is 0 Å². The summed E-state index contributed by atoms with van der Waals surface area (Å²) in [4.78, 5) is 0. The summed E-state index contributed by atoms with van der Waals surface area (Å²) >= 11 is 3.47. The minimum absolute atomic E-state index is 0.674.